The van der Waals surface area contributed by atoms with E-state index in [4.69, 9.17) is 21.1 Å². The highest BCUT2D eigenvalue weighted by Crippen LogP contribution is 2.36. The summed E-state index contributed by atoms with van der Waals surface area (Å²) in [5, 5.41) is -0.128. The van der Waals surface area contributed by atoms with Crippen LogP contribution < -0.4 is 4.74 Å². The van der Waals surface area contributed by atoms with E-state index in [0.29, 0.717) is 6.61 Å². The molecule has 0 spiro atoms. The molecule has 0 amide bonds. The van der Waals surface area contributed by atoms with E-state index < -0.39 is 0 Å². The first-order valence-electron chi connectivity index (χ1n) is 7.34. The summed E-state index contributed by atoms with van der Waals surface area (Å²) in [4.78, 5) is 0. The third kappa shape index (κ3) is 2.33. The highest BCUT2D eigenvalue weighted by atomic mass is 35.5. The molecule has 0 N–H and O–H groups in total. The lowest BCUT2D eigenvalue weighted by atomic mass is 9.98. The predicted molar refractivity (Wildman–Crippen MR) is 82.9 cm³/mol. The van der Waals surface area contributed by atoms with Crippen LogP contribution in [0.25, 0.3) is 0 Å². The highest BCUT2D eigenvalue weighted by molar-refractivity contribution is 6.22. The Bertz CT molecular complexity index is 696. The summed E-state index contributed by atoms with van der Waals surface area (Å²) in [5.41, 5.74) is 6.06. The lowest BCUT2D eigenvalue weighted by Gasteiger charge is -2.13. The standard InChI is InChI=1S/C18H17ClO2/c1-11-6-15-7-13(4-5-17(15)21-11)18(19)12-2-3-14-9-20-10-16(14)8-12/h2-5,7-8,11,18H,6,9-10H2,1H3. The third-order valence-electron chi connectivity index (χ3n) is 4.25. The van der Waals surface area contributed by atoms with Gasteiger partial charge in [-0.15, -0.1) is 11.6 Å². The van der Waals surface area contributed by atoms with E-state index in [2.05, 4.69) is 37.3 Å². The van der Waals surface area contributed by atoms with Gasteiger partial charge >= 0.3 is 0 Å². The number of fused-ring (bicyclic) bond motifs is 2. The first kappa shape index (κ1) is 13.2. The fourth-order valence-electron chi connectivity index (χ4n) is 3.14. The van der Waals surface area contributed by atoms with Gasteiger partial charge in [-0.2, -0.15) is 0 Å². The molecule has 3 heteroatoms. The quantitative estimate of drug-likeness (QED) is 0.767. The van der Waals surface area contributed by atoms with E-state index in [1.807, 2.05) is 6.07 Å². The molecule has 0 aliphatic carbocycles. The van der Waals surface area contributed by atoms with Gasteiger partial charge in [0, 0.05) is 6.42 Å². The molecule has 0 fully saturated rings. The molecular formula is C18H17ClO2. The van der Waals surface area contributed by atoms with Gasteiger partial charge in [0.1, 0.15) is 11.9 Å². The van der Waals surface area contributed by atoms with Gasteiger partial charge in [0.2, 0.25) is 0 Å². The lowest BCUT2D eigenvalue weighted by molar-refractivity contribution is 0.134. The maximum absolute atomic E-state index is 6.69. The van der Waals surface area contributed by atoms with Crippen molar-refractivity contribution < 1.29 is 9.47 Å². The number of rotatable bonds is 2. The minimum Gasteiger partial charge on any atom is -0.490 e. The summed E-state index contributed by atoms with van der Waals surface area (Å²) >= 11 is 6.69. The molecule has 0 aromatic heterocycles. The molecule has 2 nitrogen and oxygen atoms in total. The van der Waals surface area contributed by atoms with Gasteiger partial charge in [0.25, 0.3) is 0 Å². The molecule has 108 valence electrons. The second-order valence-electron chi connectivity index (χ2n) is 5.88. The van der Waals surface area contributed by atoms with Gasteiger partial charge in [0.05, 0.1) is 18.6 Å². The molecule has 21 heavy (non-hydrogen) atoms. The molecule has 2 aliphatic heterocycles. The maximum Gasteiger partial charge on any atom is 0.123 e. The Morgan fingerprint density at radius 3 is 2.57 bits per heavy atom. The molecule has 2 unspecified atom stereocenters. The highest BCUT2D eigenvalue weighted by Gasteiger charge is 2.22. The summed E-state index contributed by atoms with van der Waals surface area (Å²) in [6, 6.07) is 12.7. The van der Waals surface area contributed by atoms with Crippen molar-refractivity contribution in [3.8, 4) is 5.75 Å². The number of benzene rings is 2. The van der Waals surface area contributed by atoms with Crippen LogP contribution in [0.5, 0.6) is 5.75 Å². The van der Waals surface area contributed by atoms with Crippen LogP contribution in [0, 0.1) is 0 Å². The zero-order valence-electron chi connectivity index (χ0n) is 11.9. The number of alkyl halides is 1. The van der Waals surface area contributed by atoms with Crippen molar-refractivity contribution in [1.82, 2.24) is 0 Å². The SMILES string of the molecule is CC1Cc2cc(C(Cl)c3ccc4c(c3)COC4)ccc2O1. The van der Waals surface area contributed by atoms with Crippen molar-refractivity contribution in [1.29, 1.82) is 0 Å². The van der Waals surface area contributed by atoms with Crippen molar-refractivity contribution >= 4 is 11.6 Å². The van der Waals surface area contributed by atoms with Crippen molar-refractivity contribution in [2.24, 2.45) is 0 Å². The van der Waals surface area contributed by atoms with Gasteiger partial charge in [-0.05, 0) is 40.8 Å². The summed E-state index contributed by atoms with van der Waals surface area (Å²) < 4.78 is 11.2. The number of hydrogen-bond acceptors (Lipinski definition) is 2. The van der Waals surface area contributed by atoms with Crippen LogP contribution in [0.15, 0.2) is 36.4 Å². The summed E-state index contributed by atoms with van der Waals surface area (Å²) in [6.45, 7) is 3.51. The van der Waals surface area contributed by atoms with E-state index in [-0.39, 0.29) is 11.5 Å². The van der Waals surface area contributed by atoms with Crippen LogP contribution in [0.2, 0.25) is 0 Å². The van der Waals surface area contributed by atoms with E-state index in [1.54, 1.807) is 0 Å². The summed E-state index contributed by atoms with van der Waals surface area (Å²) in [5.74, 6) is 0.998. The van der Waals surface area contributed by atoms with Gasteiger partial charge in [-0.1, -0.05) is 30.3 Å². The monoisotopic (exact) mass is 300 g/mol. The zero-order valence-corrected chi connectivity index (χ0v) is 12.7. The van der Waals surface area contributed by atoms with Gasteiger partial charge in [-0.25, -0.2) is 0 Å². The molecule has 2 atom stereocenters. The molecule has 2 heterocycles. The molecule has 4 rings (SSSR count). The lowest BCUT2D eigenvalue weighted by Crippen LogP contribution is -2.05. The van der Waals surface area contributed by atoms with E-state index in [1.165, 1.54) is 16.7 Å². The molecule has 0 bridgehead atoms. The molecule has 2 aromatic carbocycles. The average Bonchev–Trinajstić information content (AvgIpc) is 3.09. The summed E-state index contributed by atoms with van der Waals surface area (Å²) in [7, 11) is 0. The summed E-state index contributed by atoms with van der Waals surface area (Å²) in [6.07, 6.45) is 1.23. The van der Waals surface area contributed by atoms with Crippen LogP contribution in [0.1, 0.15) is 40.1 Å². The first-order chi connectivity index (χ1) is 10.2. The average molecular weight is 301 g/mol. The number of hydrogen-bond donors (Lipinski definition) is 0. The Kier molecular flexibility index (Phi) is 3.16. The first-order valence-corrected chi connectivity index (χ1v) is 7.77. The smallest absolute Gasteiger partial charge is 0.123 e. The second-order valence-corrected chi connectivity index (χ2v) is 6.32. The molecule has 0 saturated heterocycles. The minimum atomic E-state index is -0.128. The van der Waals surface area contributed by atoms with Crippen LogP contribution >= 0.6 is 11.6 Å². The van der Waals surface area contributed by atoms with Crippen molar-refractivity contribution in [2.75, 3.05) is 0 Å². The van der Waals surface area contributed by atoms with Gasteiger partial charge in [0.15, 0.2) is 0 Å². The Labute approximate surface area is 129 Å². The van der Waals surface area contributed by atoms with Crippen molar-refractivity contribution in [3.05, 3.63) is 64.2 Å². The fraction of sp³-hybridized carbons (Fsp3) is 0.333. The minimum absolute atomic E-state index is 0.128. The van der Waals surface area contributed by atoms with Gasteiger partial charge < -0.3 is 9.47 Å². The van der Waals surface area contributed by atoms with Crippen LogP contribution in [0.3, 0.4) is 0 Å². The topological polar surface area (TPSA) is 18.5 Å². The fourth-order valence-corrected chi connectivity index (χ4v) is 3.41. The normalized spacial score (nSPS) is 20.8. The molecule has 2 aliphatic rings. The molecule has 0 radical (unpaired) electrons. The molecular weight excluding hydrogens is 284 g/mol. The Balaban J connectivity index is 1.66. The Hall–Kier alpha value is -1.51. The van der Waals surface area contributed by atoms with E-state index in [9.17, 15) is 0 Å². The van der Waals surface area contributed by atoms with E-state index in [0.717, 1.165) is 29.9 Å². The van der Waals surface area contributed by atoms with Crippen molar-refractivity contribution in [3.63, 3.8) is 0 Å². The number of ether oxygens (including phenoxy) is 2. The van der Waals surface area contributed by atoms with Crippen LogP contribution in [-0.2, 0) is 24.4 Å². The van der Waals surface area contributed by atoms with Crippen molar-refractivity contribution in [2.45, 2.75) is 38.0 Å². The van der Waals surface area contributed by atoms with Crippen LogP contribution in [0.4, 0.5) is 0 Å². The maximum atomic E-state index is 6.69. The predicted octanol–water partition coefficient (Wildman–Crippen LogP) is 4.37. The number of halogens is 1. The Morgan fingerprint density at radius 1 is 1.00 bits per heavy atom. The van der Waals surface area contributed by atoms with Crippen LogP contribution in [-0.4, -0.2) is 6.10 Å². The Morgan fingerprint density at radius 2 is 1.71 bits per heavy atom. The third-order valence-corrected chi connectivity index (χ3v) is 4.75. The van der Waals surface area contributed by atoms with E-state index >= 15 is 0 Å². The molecule has 2 aromatic rings. The molecule has 0 saturated carbocycles. The largest absolute Gasteiger partial charge is 0.490 e. The zero-order chi connectivity index (χ0) is 14.4. The van der Waals surface area contributed by atoms with Gasteiger partial charge in [-0.3, -0.25) is 0 Å². The second kappa shape index (κ2) is 5.04.